The molecule has 0 radical (unpaired) electrons. The molecule has 3 aromatic carbocycles. The van der Waals surface area contributed by atoms with Gasteiger partial charge in [0.15, 0.2) is 17.9 Å². The summed E-state index contributed by atoms with van der Waals surface area (Å²) in [5.41, 5.74) is 3.75. The molecule has 290 valence electrons. The predicted molar refractivity (Wildman–Crippen MR) is 201 cm³/mol. The first-order valence-corrected chi connectivity index (χ1v) is 19.5. The number of carboxylic acid groups (broad SMARTS) is 1. The summed E-state index contributed by atoms with van der Waals surface area (Å²) >= 11 is 0. The van der Waals surface area contributed by atoms with E-state index in [1.54, 1.807) is 12.1 Å². The Morgan fingerprint density at radius 1 is 1.00 bits per heavy atom. The molecule has 2 saturated heterocycles. The Morgan fingerprint density at radius 3 is 2.63 bits per heavy atom. The second-order valence-electron chi connectivity index (χ2n) is 14.8. The van der Waals surface area contributed by atoms with Gasteiger partial charge in [0.25, 0.3) is 0 Å². The van der Waals surface area contributed by atoms with Gasteiger partial charge in [0.05, 0.1) is 18.3 Å². The average molecular weight is 747 g/mol. The highest BCUT2D eigenvalue weighted by Gasteiger charge is 2.39. The molecule has 0 aromatic heterocycles. The number of aromatic carboxylic acids is 1. The summed E-state index contributed by atoms with van der Waals surface area (Å²) < 4.78 is 58.1. The van der Waals surface area contributed by atoms with Gasteiger partial charge in [-0.05, 0) is 128 Å². The van der Waals surface area contributed by atoms with Crippen molar-refractivity contribution in [2.75, 3.05) is 26.4 Å². The number of halogens is 2. The first-order chi connectivity index (χ1) is 26.3. The van der Waals surface area contributed by atoms with Crippen LogP contribution in [0.4, 0.5) is 8.78 Å². The lowest BCUT2D eigenvalue weighted by Crippen LogP contribution is -2.30. The standard InChI is InChI=1S/C44H52F2O8/c1-2-20-50-41(47)12-8-9-29-14-15-31-22-33(25-39(31)52-27-29)37-24-34(44(48)49)23-32(43(37)30-10-4-3-5-11-30)16-18-36(54-42-13-6-7-21-51-42)28-53-40-26-35(45)17-19-38(40)46/h3-5,10-11,16-19,23-24,26,29,31,33,36,39,42H,2,6-9,12-15,20-22,25,27-28H2,1H3,(H,48,49)/t29?,31-,33-,36-,39+,42?/m1/s1. The highest BCUT2D eigenvalue weighted by atomic mass is 19.1. The van der Waals surface area contributed by atoms with E-state index >= 15 is 0 Å². The molecule has 0 bridgehead atoms. The molecule has 10 heteroatoms. The minimum atomic E-state index is -1.02. The van der Waals surface area contributed by atoms with Gasteiger partial charge in [-0.3, -0.25) is 4.79 Å². The highest BCUT2D eigenvalue weighted by molar-refractivity contribution is 5.92. The summed E-state index contributed by atoms with van der Waals surface area (Å²) in [7, 11) is 0. The largest absolute Gasteiger partial charge is 0.487 e. The maximum absolute atomic E-state index is 14.5. The van der Waals surface area contributed by atoms with Gasteiger partial charge in [-0.15, -0.1) is 0 Å². The van der Waals surface area contributed by atoms with E-state index in [1.165, 1.54) is 0 Å². The number of esters is 1. The van der Waals surface area contributed by atoms with E-state index in [0.717, 1.165) is 92.7 Å². The molecule has 6 rings (SSSR count). The normalized spacial score (nSPS) is 23.4. The van der Waals surface area contributed by atoms with Crippen LogP contribution >= 0.6 is 0 Å². The average Bonchev–Trinajstić information content (AvgIpc) is 3.50. The van der Waals surface area contributed by atoms with Crippen LogP contribution in [0.15, 0.2) is 66.7 Å². The number of hydrogen-bond acceptors (Lipinski definition) is 7. The van der Waals surface area contributed by atoms with Gasteiger partial charge < -0.3 is 28.8 Å². The van der Waals surface area contributed by atoms with Crippen LogP contribution < -0.4 is 4.74 Å². The number of hydrogen-bond donors (Lipinski definition) is 1. The molecule has 54 heavy (non-hydrogen) atoms. The Morgan fingerprint density at radius 2 is 1.85 bits per heavy atom. The van der Waals surface area contributed by atoms with Crippen molar-refractivity contribution in [2.24, 2.45) is 11.8 Å². The number of ether oxygens (including phenoxy) is 5. The Hall–Kier alpha value is -4.12. The molecule has 2 aliphatic heterocycles. The summed E-state index contributed by atoms with van der Waals surface area (Å²) in [6, 6.07) is 16.5. The molecule has 0 amide bonds. The molecule has 3 aromatic rings. The molecular formula is C44H52F2O8. The zero-order valence-corrected chi connectivity index (χ0v) is 31.1. The molecule has 2 unspecified atom stereocenters. The van der Waals surface area contributed by atoms with Crippen molar-refractivity contribution < 1.29 is 47.2 Å². The van der Waals surface area contributed by atoms with Crippen molar-refractivity contribution in [3.63, 3.8) is 0 Å². The molecule has 1 aliphatic carbocycles. The quantitative estimate of drug-likeness (QED) is 0.145. The van der Waals surface area contributed by atoms with Crippen LogP contribution in [-0.2, 0) is 23.7 Å². The Labute approximate surface area is 316 Å². The smallest absolute Gasteiger partial charge is 0.335 e. The lowest BCUT2D eigenvalue weighted by molar-refractivity contribution is -0.182. The van der Waals surface area contributed by atoms with E-state index in [-0.39, 0.29) is 35.9 Å². The van der Waals surface area contributed by atoms with Crippen LogP contribution in [0, 0.1) is 23.5 Å². The highest BCUT2D eigenvalue weighted by Crippen LogP contribution is 2.48. The number of rotatable bonds is 16. The number of carbonyl (C=O) groups excluding carboxylic acids is 1. The summed E-state index contributed by atoms with van der Waals surface area (Å²) in [6.07, 6.45) is 11.8. The third kappa shape index (κ3) is 10.8. The van der Waals surface area contributed by atoms with Crippen molar-refractivity contribution in [1.82, 2.24) is 0 Å². The molecular weight excluding hydrogens is 694 g/mol. The Balaban J connectivity index is 1.24. The van der Waals surface area contributed by atoms with Crippen LogP contribution in [0.5, 0.6) is 5.75 Å². The van der Waals surface area contributed by atoms with Crippen molar-refractivity contribution >= 4 is 18.0 Å². The second-order valence-corrected chi connectivity index (χ2v) is 14.8. The zero-order valence-electron chi connectivity index (χ0n) is 31.1. The van der Waals surface area contributed by atoms with Gasteiger partial charge in [0.2, 0.25) is 0 Å². The lowest BCUT2D eigenvalue weighted by atomic mass is 9.83. The Bertz CT molecular complexity index is 1710. The molecule has 1 N–H and O–H groups in total. The fourth-order valence-electron chi connectivity index (χ4n) is 8.02. The zero-order chi connectivity index (χ0) is 37.9. The first kappa shape index (κ1) is 39.6. The van der Waals surface area contributed by atoms with E-state index in [9.17, 15) is 23.5 Å². The van der Waals surface area contributed by atoms with Crippen LogP contribution in [0.2, 0.25) is 0 Å². The van der Waals surface area contributed by atoms with E-state index < -0.39 is 30.0 Å². The minimum Gasteiger partial charge on any atom is -0.487 e. The second kappa shape index (κ2) is 19.5. The molecule has 3 aliphatic rings. The maximum atomic E-state index is 14.5. The van der Waals surface area contributed by atoms with Crippen molar-refractivity contribution in [2.45, 2.75) is 102 Å². The van der Waals surface area contributed by atoms with Crippen LogP contribution in [0.1, 0.15) is 105 Å². The fourth-order valence-corrected chi connectivity index (χ4v) is 8.02. The number of fused-ring (bicyclic) bond motifs is 1. The van der Waals surface area contributed by atoms with Crippen LogP contribution in [-0.4, -0.2) is 62.0 Å². The minimum absolute atomic E-state index is 0.0688. The van der Waals surface area contributed by atoms with Crippen LogP contribution in [0.25, 0.3) is 17.2 Å². The van der Waals surface area contributed by atoms with Gasteiger partial charge in [-0.1, -0.05) is 49.4 Å². The monoisotopic (exact) mass is 746 g/mol. The molecule has 2 heterocycles. The number of benzene rings is 3. The molecule has 3 fully saturated rings. The summed E-state index contributed by atoms with van der Waals surface area (Å²) in [4.78, 5) is 24.6. The summed E-state index contributed by atoms with van der Waals surface area (Å²) in [5.74, 6) is -1.86. The maximum Gasteiger partial charge on any atom is 0.335 e. The topological polar surface area (TPSA) is 101 Å². The van der Waals surface area contributed by atoms with Gasteiger partial charge in [-0.25, -0.2) is 13.6 Å². The third-order valence-corrected chi connectivity index (χ3v) is 10.8. The lowest BCUT2D eigenvalue weighted by Gasteiger charge is -2.26. The SMILES string of the molecule is CCCOC(=O)CCCC1CC[C@@H]2C[C@@H](c3cc(C(=O)O)cc(C=C[C@H](COc4cc(F)ccc4F)OC4CCCCO4)c3-c3ccccc3)C[C@@H]2OC1. The van der Waals surface area contributed by atoms with Gasteiger partial charge in [0, 0.05) is 25.7 Å². The summed E-state index contributed by atoms with van der Waals surface area (Å²) in [6.45, 7) is 3.55. The van der Waals surface area contributed by atoms with Crippen LogP contribution in [0.3, 0.4) is 0 Å². The van der Waals surface area contributed by atoms with Gasteiger partial charge in [-0.2, -0.15) is 0 Å². The van der Waals surface area contributed by atoms with E-state index in [0.29, 0.717) is 50.1 Å². The number of carbonyl (C=O) groups is 2. The molecule has 6 atom stereocenters. The summed E-state index contributed by atoms with van der Waals surface area (Å²) in [5, 5.41) is 10.3. The third-order valence-electron chi connectivity index (χ3n) is 10.8. The first-order valence-electron chi connectivity index (χ1n) is 19.5. The number of carboxylic acids is 1. The van der Waals surface area contributed by atoms with Gasteiger partial charge in [0.1, 0.15) is 18.5 Å². The van der Waals surface area contributed by atoms with E-state index in [1.807, 2.05) is 49.4 Å². The fraction of sp³-hybridized carbons (Fsp3) is 0.500. The predicted octanol–water partition coefficient (Wildman–Crippen LogP) is 9.75. The molecule has 0 spiro atoms. The van der Waals surface area contributed by atoms with E-state index in [4.69, 9.17) is 23.7 Å². The molecule has 8 nitrogen and oxygen atoms in total. The van der Waals surface area contributed by atoms with Crippen molar-refractivity contribution in [3.05, 3.63) is 95.1 Å². The van der Waals surface area contributed by atoms with Gasteiger partial charge >= 0.3 is 11.9 Å². The van der Waals surface area contributed by atoms with E-state index in [2.05, 4.69) is 0 Å². The van der Waals surface area contributed by atoms with Crippen molar-refractivity contribution in [3.8, 4) is 16.9 Å². The molecule has 1 saturated carbocycles. The van der Waals surface area contributed by atoms with Crippen molar-refractivity contribution in [1.29, 1.82) is 0 Å². The Kier molecular flexibility index (Phi) is 14.3.